The van der Waals surface area contributed by atoms with E-state index in [0.717, 1.165) is 12.1 Å². The predicted molar refractivity (Wildman–Crippen MR) is 106 cm³/mol. The number of anilines is 1. The van der Waals surface area contributed by atoms with Crippen LogP contribution in [0.2, 0.25) is 5.02 Å². The normalized spacial score (nSPS) is 13.3. The number of nitrogens with one attached hydrogen (secondary N) is 1. The van der Waals surface area contributed by atoms with E-state index >= 15 is 0 Å². The molecule has 1 aliphatic heterocycles. The van der Waals surface area contributed by atoms with Crippen molar-refractivity contribution in [1.82, 2.24) is 9.88 Å². The Hall–Kier alpha value is -2.89. The summed E-state index contributed by atoms with van der Waals surface area (Å²) in [5.74, 6) is -0.977. The number of aromatic hydroxyl groups is 1. The molecule has 0 radical (unpaired) electrons. The summed E-state index contributed by atoms with van der Waals surface area (Å²) in [5, 5.41) is 18.1. The van der Waals surface area contributed by atoms with Gasteiger partial charge in [-0.25, -0.2) is 4.98 Å². The van der Waals surface area contributed by atoms with Crippen molar-refractivity contribution < 1.29 is 37.8 Å². The smallest absolute Gasteiger partial charge is 0.419 e. The van der Waals surface area contributed by atoms with Crippen LogP contribution in [0.1, 0.15) is 21.6 Å². The second-order valence-electron chi connectivity index (χ2n) is 6.08. The lowest BCUT2D eigenvalue weighted by Crippen LogP contribution is -2.41. The molecule has 0 spiro atoms. The number of benzene rings is 1. The molecule has 0 unspecified atom stereocenters. The Balaban J connectivity index is 0.000000303. The van der Waals surface area contributed by atoms with Gasteiger partial charge in [-0.05, 0) is 25.1 Å². The Morgan fingerprint density at radius 3 is 2.39 bits per heavy atom. The number of hydrogen-bond donors (Lipinski definition) is 3. The van der Waals surface area contributed by atoms with Crippen LogP contribution in [-0.2, 0) is 15.7 Å². The Morgan fingerprint density at radius 1 is 1.26 bits per heavy atom. The number of phenolic OH excluding ortho intramolecular Hbond substituents is 1. The molecule has 2 heterocycles. The summed E-state index contributed by atoms with van der Waals surface area (Å²) >= 11 is 5.73. The second-order valence-corrected chi connectivity index (χ2v) is 6.52. The van der Waals surface area contributed by atoms with Crippen LogP contribution in [0.4, 0.5) is 18.9 Å². The minimum absolute atomic E-state index is 0.152. The molecule has 1 aromatic heterocycles. The quantitative estimate of drug-likeness (QED) is 0.584. The SMILES string of the molecule is C=O.Cc1ccc(O)c(C(F)(F)F)c1.O=C(c1ncc(Cl)cc1NO)N1CCOCC1. The standard InChI is InChI=1S/C10H12ClN3O3.C8H7F3O.CH2O/c11-7-5-8(13-16)9(12-6-7)10(15)14-1-3-17-4-2-14;1-5-2-3-7(12)6(4-5)8(9,10)11;1-2/h5-6,13,16H,1-4H2;2-4,12H,1H3;1H2. The highest BCUT2D eigenvalue weighted by Crippen LogP contribution is 2.35. The lowest BCUT2D eigenvalue weighted by atomic mass is 10.1. The van der Waals surface area contributed by atoms with Gasteiger partial charge in [0.15, 0.2) is 5.69 Å². The summed E-state index contributed by atoms with van der Waals surface area (Å²) in [6.07, 6.45) is -3.10. The van der Waals surface area contributed by atoms with E-state index in [-0.39, 0.29) is 17.3 Å². The van der Waals surface area contributed by atoms with E-state index in [4.69, 9.17) is 31.4 Å². The molecule has 3 N–H and O–H groups in total. The van der Waals surface area contributed by atoms with Gasteiger partial charge in [0.05, 0.1) is 29.5 Å². The Labute approximate surface area is 181 Å². The number of morpholine rings is 1. The third-order valence-corrected chi connectivity index (χ3v) is 4.14. The first kappa shape index (κ1) is 26.1. The molecule has 0 aliphatic carbocycles. The zero-order valence-corrected chi connectivity index (χ0v) is 17.2. The minimum Gasteiger partial charge on any atom is -0.507 e. The first-order valence-corrected chi connectivity index (χ1v) is 9.09. The van der Waals surface area contributed by atoms with Crippen LogP contribution in [0.5, 0.6) is 5.75 Å². The average molecular weight is 464 g/mol. The van der Waals surface area contributed by atoms with Crippen molar-refractivity contribution in [2.75, 3.05) is 31.8 Å². The number of nitrogens with zero attached hydrogens (tertiary/aromatic N) is 2. The van der Waals surface area contributed by atoms with Crippen LogP contribution >= 0.6 is 11.6 Å². The Bertz CT molecular complexity index is 877. The van der Waals surface area contributed by atoms with Gasteiger partial charge in [-0.1, -0.05) is 23.2 Å². The molecule has 170 valence electrons. The van der Waals surface area contributed by atoms with Gasteiger partial charge in [0.25, 0.3) is 5.91 Å². The molecule has 12 heteroatoms. The number of amides is 1. The molecule has 8 nitrogen and oxygen atoms in total. The molecule has 0 bridgehead atoms. The summed E-state index contributed by atoms with van der Waals surface area (Å²) in [6.45, 7) is 5.61. The van der Waals surface area contributed by atoms with Gasteiger partial charge >= 0.3 is 6.18 Å². The van der Waals surface area contributed by atoms with Gasteiger partial charge in [0, 0.05) is 19.3 Å². The molecule has 31 heavy (non-hydrogen) atoms. The monoisotopic (exact) mass is 463 g/mol. The summed E-state index contributed by atoms with van der Waals surface area (Å²) < 4.78 is 41.4. The molecular formula is C19H21ClF3N3O5. The zero-order chi connectivity index (χ0) is 23.6. The molecule has 0 atom stereocenters. The van der Waals surface area contributed by atoms with Crippen molar-refractivity contribution in [2.45, 2.75) is 13.1 Å². The number of rotatable bonds is 2. The Kier molecular flexibility index (Phi) is 10.2. The largest absolute Gasteiger partial charge is 0.507 e. The van der Waals surface area contributed by atoms with Crippen molar-refractivity contribution in [1.29, 1.82) is 0 Å². The second kappa shape index (κ2) is 12.1. The minimum atomic E-state index is -4.48. The molecular weight excluding hydrogens is 443 g/mol. The molecule has 0 saturated carbocycles. The van der Waals surface area contributed by atoms with E-state index < -0.39 is 17.5 Å². The molecule has 3 rings (SSSR count). The van der Waals surface area contributed by atoms with Crippen LogP contribution in [0.25, 0.3) is 0 Å². The first-order chi connectivity index (χ1) is 14.6. The lowest BCUT2D eigenvalue weighted by molar-refractivity contribution is -0.138. The van der Waals surface area contributed by atoms with Gasteiger partial charge in [-0.3, -0.25) is 15.5 Å². The van der Waals surface area contributed by atoms with Crippen LogP contribution in [0, 0.1) is 6.92 Å². The maximum atomic E-state index is 12.1. The maximum Gasteiger partial charge on any atom is 0.419 e. The van der Waals surface area contributed by atoms with Gasteiger partial charge in [-0.2, -0.15) is 13.2 Å². The predicted octanol–water partition coefficient (Wildman–Crippen LogP) is 3.54. The van der Waals surface area contributed by atoms with Crippen LogP contribution in [-0.4, -0.2) is 59.2 Å². The maximum absolute atomic E-state index is 12.1. The van der Waals surface area contributed by atoms with Crippen molar-refractivity contribution in [3.05, 3.63) is 52.3 Å². The van der Waals surface area contributed by atoms with Crippen molar-refractivity contribution in [3.63, 3.8) is 0 Å². The first-order valence-electron chi connectivity index (χ1n) is 8.72. The van der Waals surface area contributed by atoms with Gasteiger partial charge in [0.2, 0.25) is 0 Å². The third kappa shape index (κ3) is 7.70. The summed E-state index contributed by atoms with van der Waals surface area (Å²) in [5.41, 5.74) is 1.77. The number of hydrogen-bond acceptors (Lipinski definition) is 7. The van der Waals surface area contributed by atoms with E-state index in [2.05, 4.69) is 4.98 Å². The fraction of sp³-hybridized carbons (Fsp3) is 0.316. The highest BCUT2D eigenvalue weighted by molar-refractivity contribution is 6.30. The number of aromatic nitrogens is 1. The topological polar surface area (TPSA) is 112 Å². The van der Waals surface area contributed by atoms with E-state index in [1.54, 1.807) is 4.90 Å². The van der Waals surface area contributed by atoms with Crippen molar-refractivity contribution in [3.8, 4) is 5.75 Å². The van der Waals surface area contributed by atoms with E-state index in [1.807, 2.05) is 12.3 Å². The van der Waals surface area contributed by atoms with E-state index in [9.17, 15) is 18.0 Å². The highest BCUT2D eigenvalue weighted by Gasteiger charge is 2.33. The number of pyridine rings is 1. The van der Waals surface area contributed by atoms with Gasteiger partial charge in [-0.15, -0.1) is 0 Å². The molecule has 1 aromatic carbocycles. The van der Waals surface area contributed by atoms with Gasteiger partial charge < -0.3 is 19.5 Å². The number of carbonyl (C=O) groups is 2. The van der Waals surface area contributed by atoms with Gasteiger partial charge in [0.1, 0.15) is 12.5 Å². The van der Waals surface area contributed by atoms with Crippen molar-refractivity contribution >= 4 is 30.0 Å². The summed E-state index contributed by atoms with van der Waals surface area (Å²) in [7, 11) is 0. The van der Waals surface area contributed by atoms with E-state index in [0.29, 0.717) is 36.9 Å². The zero-order valence-electron chi connectivity index (χ0n) is 16.4. The van der Waals surface area contributed by atoms with Crippen LogP contribution in [0.3, 0.4) is 0 Å². The third-order valence-electron chi connectivity index (χ3n) is 3.93. The Morgan fingerprint density at radius 2 is 1.87 bits per heavy atom. The average Bonchev–Trinajstić information content (AvgIpc) is 2.76. The molecule has 1 amide bonds. The molecule has 1 aliphatic rings. The number of alkyl halides is 3. The fourth-order valence-corrected chi connectivity index (χ4v) is 2.65. The molecule has 1 fully saturated rings. The highest BCUT2D eigenvalue weighted by atomic mass is 35.5. The van der Waals surface area contributed by atoms with Crippen LogP contribution in [0.15, 0.2) is 30.5 Å². The number of aryl methyl sites for hydroxylation is 1. The number of phenols is 1. The number of carbonyl (C=O) groups excluding carboxylic acids is 2. The van der Waals surface area contributed by atoms with Crippen molar-refractivity contribution in [2.24, 2.45) is 0 Å². The summed E-state index contributed by atoms with van der Waals surface area (Å²) in [4.78, 5) is 25.7. The summed E-state index contributed by atoms with van der Waals surface area (Å²) in [6, 6.07) is 4.82. The van der Waals surface area contributed by atoms with Crippen LogP contribution < -0.4 is 5.48 Å². The van der Waals surface area contributed by atoms with E-state index in [1.165, 1.54) is 25.3 Å². The molecule has 2 aromatic rings. The number of halogens is 4. The molecule has 1 saturated heterocycles. The fourth-order valence-electron chi connectivity index (χ4n) is 2.49. The lowest BCUT2D eigenvalue weighted by Gasteiger charge is -2.26. The number of ether oxygens (including phenoxy) is 1.